The Morgan fingerprint density at radius 1 is 1.14 bits per heavy atom. The highest BCUT2D eigenvalue weighted by atomic mass is 16.3. The molecule has 0 saturated carbocycles. The van der Waals surface area contributed by atoms with Crippen LogP contribution in [-0.4, -0.2) is 73.9 Å². The molecule has 1 fully saturated rings. The van der Waals surface area contributed by atoms with Crippen LogP contribution < -0.4 is 10.6 Å². The lowest BCUT2D eigenvalue weighted by Gasteiger charge is -2.36. The molecular formula is C17H30N4O. The van der Waals surface area contributed by atoms with Crippen molar-refractivity contribution < 1.29 is 5.11 Å². The molecule has 0 bridgehead atoms. The van der Waals surface area contributed by atoms with Crippen molar-refractivity contribution in [2.45, 2.75) is 13.8 Å². The van der Waals surface area contributed by atoms with Gasteiger partial charge in [-0.15, -0.1) is 0 Å². The number of hydrogen-bond acceptors (Lipinski definition) is 5. The van der Waals surface area contributed by atoms with E-state index in [9.17, 15) is 0 Å². The van der Waals surface area contributed by atoms with E-state index in [1.165, 1.54) is 11.3 Å². The van der Waals surface area contributed by atoms with Crippen molar-refractivity contribution in [1.29, 1.82) is 0 Å². The van der Waals surface area contributed by atoms with Crippen LogP contribution in [0.15, 0.2) is 18.2 Å². The third-order valence-electron chi connectivity index (χ3n) is 4.51. The first-order valence-electron chi connectivity index (χ1n) is 8.30. The van der Waals surface area contributed by atoms with Gasteiger partial charge in [-0.2, -0.15) is 0 Å². The maximum absolute atomic E-state index is 8.99. The highest BCUT2D eigenvalue weighted by molar-refractivity contribution is 5.59. The van der Waals surface area contributed by atoms with Crippen LogP contribution in [0.1, 0.15) is 12.5 Å². The number of rotatable bonds is 7. The van der Waals surface area contributed by atoms with E-state index in [1.807, 2.05) is 12.1 Å². The van der Waals surface area contributed by atoms with Crippen molar-refractivity contribution in [3.63, 3.8) is 0 Å². The largest absolute Gasteiger partial charge is 0.399 e. The summed E-state index contributed by atoms with van der Waals surface area (Å²) >= 11 is 0. The summed E-state index contributed by atoms with van der Waals surface area (Å²) in [5.74, 6) is 0. The maximum Gasteiger partial charge on any atom is 0.0558 e. The second-order valence-corrected chi connectivity index (χ2v) is 6.03. The van der Waals surface area contributed by atoms with Crippen LogP contribution in [0.2, 0.25) is 0 Å². The molecule has 0 spiro atoms. The molecule has 124 valence electrons. The number of aliphatic hydroxyl groups is 1. The lowest BCUT2D eigenvalue weighted by molar-refractivity contribution is 0.114. The van der Waals surface area contributed by atoms with Gasteiger partial charge < -0.3 is 15.7 Å². The van der Waals surface area contributed by atoms with Gasteiger partial charge in [-0.25, -0.2) is 0 Å². The van der Waals surface area contributed by atoms with Crippen LogP contribution in [0.4, 0.5) is 11.4 Å². The van der Waals surface area contributed by atoms with Crippen LogP contribution >= 0.6 is 0 Å². The third kappa shape index (κ3) is 4.60. The Bertz CT molecular complexity index is 458. The lowest BCUT2D eigenvalue weighted by Crippen LogP contribution is -2.49. The fraction of sp³-hybridized carbons (Fsp3) is 0.647. The molecule has 22 heavy (non-hydrogen) atoms. The summed E-state index contributed by atoms with van der Waals surface area (Å²) in [6.45, 7) is 12.9. The molecule has 0 radical (unpaired) electrons. The average molecular weight is 306 g/mol. The second kappa shape index (κ2) is 8.36. The molecule has 0 amide bonds. The predicted molar refractivity (Wildman–Crippen MR) is 93.4 cm³/mol. The number of hydrogen-bond donors (Lipinski definition) is 2. The molecule has 2 rings (SSSR count). The van der Waals surface area contributed by atoms with E-state index in [4.69, 9.17) is 10.8 Å². The molecule has 1 saturated heterocycles. The quantitative estimate of drug-likeness (QED) is 0.737. The highest BCUT2D eigenvalue weighted by Crippen LogP contribution is 2.22. The van der Waals surface area contributed by atoms with Gasteiger partial charge in [0.05, 0.1) is 6.61 Å². The van der Waals surface area contributed by atoms with Gasteiger partial charge in [-0.1, -0.05) is 0 Å². The van der Waals surface area contributed by atoms with E-state index < -0.39 is 0 Å². The van der Waals surface area contributed by atoms with Crippen molar-refractivity contribution in [3.8, 4) is 0 Å². The highest BCUT2D eigenvalue weighted by Gasteiger charge is 2.17. The minimum Gasteiger partial charge on any atom is -0.399 e. The van der Waals surface area contributed by atoms with E-state index in [0.717, 1.165) is 58.0 Å². The minimum absolute atomic E-state index is 0.264. The number of aliphatic hydroxyl groups excluding tert-OH is 1. The zero-order valence-electron chi connectivity index (χ0n) is 14.0. The Morgan fingerprint density at radius 2 is 1.77 bits per heavy atom. The summed E-state index contributed by atoms with van der Waals surface area (Å²) in [5, 5.41) is 8.99. The van der Waals surface area contributed by atoms with Gasteiger partial charge in [0.25, 0.3) is 0 Å². The molecule has 0 aliphatic carbocycles. The van der Waals surface area contributed by atoms with Gasteiger partial charge in [0.2, 0.25) is 0 Å². The first kappa shape index (κ1) is 17.1. The second-order valence-electron chi connectivity index (χ2n) is 6.03. The maximum atomic E-state index is 8.99. The van der Waals surface area contributed by atoms with Crippen LogP contribution in [0.5, 0.6) is 0 Å². The zero-order chi connectivity index (χ0) is 15.9. The van der Waals surface area contributed by atoms with Crippen molar-refractivity contribution in [2.75, 3.05) is 69.6 Å². The number of piperazine rings is 1. The Kier molecular flexibility index (Phi) is 6.49. The normalized spacial score (nSPS) is 16.9. The summed E-state index contributed by atoms with van der Waals surface area (Å²) in [6.07, 6.45) is 0. The number of benzene rings is 1. The molecule has 3 N–H and O–H groups in total. The topological polar surface area (TPSA) is 56.0 Å². The SMILES string of the molecule is CCN(CCN1CCN(CCO)CC1)c1ccc(N)cc1C. The standard InChI is InChI=1S/C17H30N4O/c1-3-21(17-5-4-16(18)14-15(17)2)11-10-19-6-8-20(9-7-19)12-13-22/h4-5,14,22H,3,6-13,18H2,1-2H3. The average Bonchev–Trinajstić information content (AvgIpc) is 2.51. The van der Waals surface area contributed by atoms with Gasteiger partial charge in [-0.05, 0) is 37.6 Å². The van der Waals surface area contributed by atoms with Crippen molar-refractivity contribution in [1.82, 2.24) is 9.80 Å². The van der Waals surface area contributed by atoms with Crippen molar-refractivity contribution >= 4 is 11.4 Å². The van der Waals surface area contributed by atoms with Crippen molar-refractivity contribution in [2.24, 2.45) is 0 Å². The summed E-state index contributed by atoms with van der Waals surface area (Å²) in [7, 11) is 0. The van der Waals surface area contributed by atoms with E-state index in [0.29, 0.717) is 0 Å². The molecule has 0 aromatic heterocycles. The Morgan fingerprint density at radius 3 is 2.32 bits per heavy atom. The van der Waals surface area contributed by atoms with Crippen LogP contribution in [-0.2, 0) is 0 Å². The number of anilines is 2. The lowest BCUT2D eigenvalue weighted by atomic mass is 10.1. The van der Waals surface area contributed by atoms with Crippen molar-refractivity contribution in [3.05, 3.63) is 23.8 Å². The van der Waals surface area contributed by atoms with Gasteiger partial charge in [0, 0.05) is 63.7 Å². The van der Waals surface area contributed by atoms with Crippen LogP contribution in [0.3, 0.4) is 0 Å². The third-order valence-corrected chi connectivity index (χ3v) is 4.51. The van der Waals surface area contributed by atoms with Gasteiger partial charge in [-0.3, -0.25) is 9.80 Å². The number of likely N-dealkylation sites (N-methyl/N-ethyl adjacent to an activating group) is 1. The first-order valence-corrected chi connectivity index (χ1v) is 8.30. The minimum atomic E-state index is 0.264. The first-order chi connectivity index (χ1) is 10.6. The van der Waals surface area contributed by atoms with Gasteiger partial charge in [0.15, 0.2) is 0 Å². The summed E-state index contributed by atoms with van der Waals surface area (Å²) in [4.78, 5) is 7.27. The molecule has 1 aromatic carbocycles. The van der Waals surface area contributed by atoms with E-state index in [2.05, 4.69) is 34.6 Å². The summed E-state index contributed by atoms with van der Waals surface area (Å²) < 4.78 is 0. The molecule has 0 unspecified atom stereocenters. The van der Waals surface area contributed by atoms with Gasteiger partial charge in [0.1, 0.15) is 0 Å². The molecule has 1 heterocycles. The molecule has 5 nitrogen and oxygen atoms in total. The summed E-state index contributed by atoms with van der Waals surface area (Å²) in [5.41, 5.74) is 9.21. The van der Waals surface area contributed by atoms with Crippen LogP contribution in [0, 0.1) is 6.92 Å². The smallest absolute Gasteiger partial charge is 0.0558 e. The van der Waals surface area contributed by atoms with Crippen LogP contribution in [0.25, 0.3) is 0 Å². The number of nitrogens with two attached hydrogens (primary N) is 1. The number of β-amino-alcohol motifs (C(OH)–C–C–N with tert-alkyl or cyclic N) is 1. The molecular weight excluding hydrogens is 276 g/mol. The monoisotopic (exact) mass is 306 g/mol. The fourth-order valence-electron chi connectivity index (χ4n) is 3.12. The Balaban J connectivity index is 1.84. The number of aryl methyl sites for hydroxylation is 1. The molecule has 1 aliphatic heterocycles. The number of nitrogen functional groups attached to an aromatic ring is 1. The molecule has 1 aliphatic rings. The Hall–Kier alpha value is -1.30. The number of nitrogens with zero attached hydrogens (tertiary/aromatic N) is 3. The van der Waals surface area contributed by atoms with Gasteiger partial charge >= 0.3 is 0 Å². The molecule has 0 atom stereocenters. The zero-order valence-corrected chi connectivity index (χ0v) is 14.0. The van der Waals surface area contributed by atoms with E-state index >= 15 is 0 Å². The van der Waals surface area contributed by atoms with E-state index in [-0.39, 0.29) is 6.61 Å². The summed E-state index contributed by atoms with van der Waals surface area (Å²) in [6, 6.07) is 6.16. The molecule has 1 aromatic rings. The van der Waals surface area contributed by atoms with E-state index in [1.54, 1.807) is 0 Å². The Labute approximate surface area is 134 Å². The predicted octanol–water partition coefficient (Wildman–Crippen LogP) is 1.01. The fourth-order valence-corrected chi connectivity index (χ4v) is 3.12. The molecule has 5 heteroatoms.